The lowest BCUT2D eigenvalue weighted by atomic mass is 10.1. The van der Waals surface area contributed by atoms with E-state index in [-0.39, 0.29) is 28.5 Å². The van der Waals surface area contributed by atoms with E-state index in [0.29, 0.717) is 0 Å². The van der Waals surface area contributed by atoms with Crippen molar-refractivity contribution in [2.45, 2.75) is 19.6 Å². The summed E-state index contributed by atoms with van der Waals surface area (Å²) < 4.78 is 45.3. The van der Waals surface area contributed by atoms with E-state index in [1.165, 1.54) is 36.4 Å². The molecular weight excluding hydrogens is 427 g/mol. The van der Waals surface area contributed by atoms with Crippen LogP contribution >= 0.6 is 11.8 Å². The number of hydrogen-bond acceptors (Lipinski definition) is 4. The van der Waals surface area contributed by atoms with Crippen LogP contribution in [0.5, 0.6) is 0 Å². The van der Waals surface area contributed by atoms with Crippen LogP contribution in [0.15, 0.2) is 70.0 Å². The van der Waals surface area contributed by atoms with Gasteiger partial charge >= 0.3 is 6.18 Å². The minimum Gasteiger partial charge on any atom is -0.457 e. The van der Waals surface area contributed by atoms with E-state index in [1.807, 2.05) is 31.2 Å². The number of imide groups is 1. The summed E-state index contributed by atoms with van der Waals surface area (Å²) in [6, 6.07) is 15.5. The molecule has 1 saturated heterocycles. The fraction of sp³-hybridized carbons (Fsp3) is 0.130. The molecule has 0 N–H and O–H groups in total. The van der Waals surface area contributed by atoms with E-state index in [4.69, 9.17) is 4.42 Å². The van der Waals surface area contributed by atoms with E-state index in [9.17, 15) is 22.8 Å². The highest BCUT2D eigenvalue weighted by atomic mass is 32.2. The van der Waals surface area contributed by atoms with E-state index in [2.05, 4.69) is 0 Å². The molecule has 1 aliphatic rings. The summed E-state index contributed by atoms with van der Waals surface area (Å²) in [6.45, 7) is 2.09. The molecule has 0 saturated carbocycles. The summed E-state index contributed by atoms with van der Waals surface area (Å²) in [5, 5.41) is -0.411. The van der Waals surface area contributed by atoms with Crippen molar-refractivity contribution in [3.05, 3.63) is 88.0 Å². The average molecular weight is 443 g/mol. The lowest BCUT2D eigenvalue weighted by Gasteiger charge is -2.12. The zero-order chi connectivity index (χ0) is 22.2. The molecular formula is C23H16F3NO3S. The zero-order valence-corrected chi connectivity index (χ0v) is 17.1. The minimum absolute atomic E-state index is 0.0260. The summed E-state index contributed by atoms with van der Waals surface area (Å²) in [5.41, 5.74) is 0.980. The molecule has 0 aliphatic carbocycles. The van der Waals surface area contributed by atoms with Gasteiger partial charge in [0.1, 0.15) is 11.5 Å². The van der Waals surface area contributed by atoms with E-state index in [0.717, 1.165) is 33.9 Å². The van der Waals surface area contributed by atoms with Crippen molar-refractivity contribution in [3.8, 4) is 11.3 Å². The minimum atomic E-state index is -4.53. The number of thioether (sulfide) groups is 1. The van der Waals surface area contributed by atoms with Gasteiger partial charge in [0.15, 0.2) is 0 Å². The predicted octanol–water partition coefficient (Wildman–Crippen LogP) is 6.51. The van der Waals surface area contributed by atoms with E-state index >= 15 is 0 Å². The second-order valence-electron chi connectivity index (χ2n) is 7.00. The van der Waals surface area contributed by atoms with Crippen LogP contribution in [0.1, 0.15) is 22.5 Å². The fourth-order valence-electron chi connectivity index (χ4n) is 3.16. The quantitative estimate of drug-likeness (QED) is 0.431. The number of aryl methyl sites for hydroxylation is 1. The number of amides is 2. The molecule has 4 nitrogen and oxygen atoms in total. The third kappa shape index (κ3) is 4.44. The van der Waals surface area contributed by atoms with Crippen molar-refractivity contribution < 1.29 is 27.2 Å². The Labute approximate surface area is 180 Å². The third-order valence-electron chi connectivity index (χ3n) is 4.73. The molecule has 3 aromatic rings. The van der Waals surface area contributed by atoms with Crippen molar-refractivity contribution in [1.82, 2.24) is 4.90 Å². The van der Waals surface area contributed by atoms with Gasteiger partial charge in [-0.1, -0.05) is 48.0 Å². The number of hydrogen-bond donors (Lipinski definition) is 0. The van der Waals surface area contributed by atoms with Gasteiger partial charge < -0.3 is 4.42 Å². The Hall–Kier alpha value is -3.26. The molecule has 2 aromatic carbocycles. The largest absolute Gasteiger partial charge is 0.457 e. The van der Waals surface area contributed by atoms with Crippen molar-refractivity contribution in [2.24, 2.45) is 0 Å². The Balaban J connectivity index is 1.57. The van der Waals surface area contributed by atoms with Crippen LogP contribution in [0, 0.1) is 6.92 Å². The van der Waals surface area contributed by atoms with Crippen LogP contribution in [0.25, 0.3) is 17.4 Å². The van der Waals surface area contributed by atoms with Crippen LogP contribution in [0.4, 0.5) is 18.0 Å². The van der Waals surface area contributed by atoms with Crippen molar-refractivity contribution in [1.29, 1.82) is 0 Å². The first kappa shape index (κ1) is 21.0. The van der Waals surface area contributed by atoms with Crippen LogP contribution < -0.4 is 0 Å². The number of carbonyl (C=O) groups is 2. The van der Waals surface area contributed by atoms with E-state index in [1.54, 1.807) is 0 Å². The van der Waals surface area contributed by atoms with Gasteiger partial charge in [0.05, 0.1) is 17.0 Å². The molecule has 0 radical (unpaired) electrons. The highest BCUT2D eigenvalue weighted by molar-refractivity contribution is 8.18. The van der Waals surface area contributed by atoms with Gasteiger partial charge in [-0.15, -0.1) is 0 Å². The first-order valence-electron chi connectivity index (χ1n) is 9.30. The van der Waals surface area contributed by atoms with Crippen LogP contribution in [-0.4, -0.2) is 16.0 Å². The highest BCUT2D eigenvalue weighted by Gasteiger charge is 2.36. The molecule has 4 rings (SSSR count). The molecule has 0 spiro atoms. The van der Waals surface area contributed by atoms with Gasteiger partial charge in [-0.2, -0.15) is 13.2 Å². The maximum atomic E-state index is 13.3. The lowest BCUT2D eigenvalue weighted by Crippen LogP contribution is -2.27. The monoisotopic (exact) mass is 443 g/mol. The highest BCUT2D eigenvalue weighted by Crippen LogP contribution is 2.38. The van der Waals surface area contributed by atoms with Gasteiger partial charge in [0.2, 0.25) is 0 Å². The second-order valence-corrected chi connectivity index (χ2v) is 7.99. The summed E-state index contributed by atoms with van der Waals surface area (Å²) >= 11 is 0.770. The van der Waals surface area contributed by atoms with Gasteiger partial charge in [-0.25, -0.2) is 0 Å². The number of carbonyl (C=O) groups excluding carboxylic acids is 2. The smallest absolute Gasteiger partial charge is 0.417 e. The van der Waals surface area contributed by atoms with Gasteiger partial charge in [-0.3, -0.25) is 14.5 Å². The average Bonchev–Trinajstić information content (AvgIpc) is 3.29. The summed E-state index contributed by atoms with van der Waals surface area (Å²) in [5.74, 6) is -0.255. The SMILES string of the molecule is Cc1ccc(CN2C(=O)S/C(=C/c3ccc(-c4ccccc4C(F)(F)F)o3)C2=O)cc1. The number of benzene rings is 2. The van der Waals surface area contributed by atoms with Gasteiger partial charge in [-0.05, 0) is 42.4 Å². The molecule has 0 unspecified atom stereocenters. The van der Waals surface area contributed by atoms with Crippen LogP contribution in [0.2, 0.25) is 0 Å². The molecule has 1 aromatic heterocycles. The van der Waals surface area contributed by atoms with Crippen molar-refractivity contribution in [2.75, 3.05) is 0 Å². The second kappa shape index (κ2) is 8.11. The fourth-order valence-corrected chi connectivity index (χ4v) is 3.98. The molecule has 1 aliphatic heterocycles. The number of alkyl halides is 3. The molecule has 8 heteroatoms. The number of nitrogens with zero attached hydrogens (tertiary/aromatic N) is 1. The standard InChI is InChI=1S/C23H16F3NO3S/c1-14-6-8-15(9-7-14)13-27-21(28)20(31-22(27)29)12-16-10-11-19(30-16)17-4-2-3-5-18(17)23(24,25)26/h2-12H,13H2,1H3/b20-12+. The molecule has 2 amide bonds. The molecule has 0 bridgehead atoms. The Morgan fingerprint density at radius 2 is 1.71 bits per heavy atom. The van der Waals surface area contributed by atoms with E-state index < -0.39 is 22.9 Å². The normalized spacial score (nSPS) is 15.9. The lowest BCUT2D eigenvalue weighted by molar-refractivity contribution is -0.137. The molecule has 0 atom stereocenters. The first-order valence-corrected chi connectivity index (χ1v) is 10.1. The van der Waals surface area contributed by atoms with Crippen LogP contribution in [-0.2, 0) is 17.5 Å². The van der Waals surface area contributed by atoms with Crippen molar-refractivity contribution in [3.63, 3.8) is 0 Å². The summed E-state index contributed by atoms with van der Waals surface area (Å²) in [4.78, 5) is 26.3. The Kier molecular flexibility index (Phi) is 5.49. The summed E-state index contributed by atoms with van der Waals surface area (Å²) in [7, 11) is 0. The maximum absolute atomic E-state index is 13.3. The van der Waals surface area contributed by atoms with Gasteiger partial charge in [0.25, 0.3) is 11.1 Å². The number of halogens is 3. The zero-order valence-electron chi connectivity index (χ0n) is 16.3. The van der Waals surface area contributed by atoms with Crippen molar-refractivity contribution >= 4 is 29.0 Å². The van der Waals surface area contributed by atoms with Gasteiger partial charge in [0, 0.05) is 11.6 Å². The molecule has 158 valence electrons. The maximum Gasteiger partial charge on any atom is 0.417 e. The summed E-state index contributed by atoms with van der Waals surface area (Å²) in [6.07, 6.45) is -3.15. The molecule has 1 fully saturated rings. The molecule has 2 heterocycles. The number of rotatable bonds is 4. The first-order chi connectivity index (χ1) is 14.7. The Bertz CT molecular complexity index is 1180. The topological polar surface area (TPSA) is 50.5 Å². The molecule has 31 heavy (non-hydrogen) atoms. The van der Waals surface area contributed by atoms with Crippen LogP contribution in [0.3, 0.4) is 0 Å². The Morgan fingerprint density at radius 3 is 2.42 bits per heavy atom. The Morgan fingerprint density at radius 1 is 1.00 bits per heavy atom. The number of furan rings is 1. The predicted molar refractivity (Wildman–Crippen MR) is 112 cm³/mol. The third-order valence-corrected chi connectivity index (χ3v) is 5.64.